The number of rotatable bonds is 1. The van der Waals surface area contributed by atoms with Crippen molar-refractivity contribution in [1.82, 2.24) is 4.90 Å². The summed E-state index contributed by atoms with van der Waals surface area (Å²) >= 11 is 0. The van der Waals surface area contributed by atoms with Crippen molar-refractivity contribution in [2.24, 2.45) is 0 Å². The number of hydrogen-bond acceptors (Lipinski definition) is 2. The van der Waals surface area contributed by atoms with Crippen LogP contribution in [0.5, 0.6) is 0 Å². The molecule has 0 rings (SSSR count). The zero-order valence-electron chi connectivity index (χ0n) is 8.42. The highest BCUT2D eigenvalue weighted by atomic mass is 16.6. The molecule has 70 valence electrons. The van der Waals surface area contributed by atoms with Crippen LogP contribution in [-0.2, 0) is 9.53 Å². The molecule has 4 heteroatoms. The first-order chi connectivity index (χ1) is 5.49. The molecule has 0 aliphatic heterocycles. The van der Waals surface area contributed by atoms with E-state index in [0.29, 0.717) is 12.4 Å². The molecule has 0 aromatic carbocycles. The van der Waals surface area contributed by atoms with Crippen molar-refractivity contribution in [2.45, 2.75) is 13.3 Å². The first kappa shape index (κ1) is 10.9. The maximum atomic E-state index is 10.9. The summed E-state index contributed by atoms with van der Waals surface area (Å²) in [7, 11) is 7.33. The predicted octanol–water partition coefficient (Wildman–Crippen LogP) is 0.129. The predicted molar refractivity (Wildman–Crippen MR) is 47.2 cm³/mol. The molecule has 12 heavy (non-hydrogen) atoms. The van der Waals surface area contributed by atoms with E-state index < -0.39 is 0 Å². The zero-order valence-corrected chi connectivity index (χ0v) is 8.42. The Labute approximate surface area is 73.4 Å². The van der Waals surface area contributed by atoms with Gasteiger partial charge in [-0.25, -0.2) is 9.48 Å². The van der Waals surface area contributed by atoms with E-state index in [-0.39, 0.29) is 5.97 Å². The molecule has 0 atom stereocenters. The number of hydrogen-bond donors (Lipinski definition) is 0. The molecule has 0 amide bonds. The lowest BCUT2D eigenvalue weighted by Crippen LogP contribution is -2.33. The molecule has 0 aromatic heterocycles. The van der Waals surface area contributed by atoms with E-state index in [0.717, 1.165) is 0 Å². The summed E-state index contributed by atoms with van der Waals surface area (Å²) in [5.41, 5.74) is 0. The van der Waals surface area contributed by atoms with Gasteiger partial charge in [0.15, 0.2) is 0 Å². The van der Waals surface area contributed by atoms with Gasteiger partial charge in [0.2, 0.25) is 0 Å². The average molecular weight is 173 g/mol. The van der Waals surface area contributed by atoms with Crippen molar-refractivity contribution in [3.63, 3.8) is 0 Å². The minimum Gasteiger partial charge on any atom is -0.358 e. The Hall–Kier alpha value is -1.06. The number of ether oxygens (including phenoxy) is 1. The highest BCUT2D eigenvalue weighted by molar-refractivity contribution is 5.84. The van der Waals surface area contributed by atoms with E-state index in [4.69, 9.17) is 4.74 Å². The highest BCUT2D eigenvalue weighted by Crippen LogP contribution is 1.90. The van der Waals surface area contributed by atoms with Gasteiger partial charge >= 0.3 is 12.0 Å². The molecule has 0 fully saturated rings. The fourth-order valence-electron chi connectivity index (χ4n) is 0.757. The summed E-state index contributed by atoms with van der Waals surface area (Å²) in [5.74, 6) is -0.215. The Balaban J connectivity index is 4.37. The summed E-state index contributed by atoms with van der Waals surface area (Å²) in [6.07, 6.45) is 0.394. The van der Waals surface area contributed by atoms with Gasteiger partial charge < -0.3 is 4.74 Å². The number of esters is 1. The first-order valence-corrected chi connectivity index (χ1v) is 3.91. The highest BCUT2D eigenvalue weighted by Gasteiger charge is 2.16. The van der Waals surface area contributed by atoms with Crippen LogP contribution in [0, 0.1) is 0 Å². The second-order valence-corrected chi connectivity index (χ2v) is 2.90. The fraction of sp³-hybridized carbons (Fsp3) is 0.750. The van der Waals surface area contributed by atoms with Gasteiger partial charge in [-0.15, -0.1) is 0 Å². The molecule has 0 unspecified atom stereocenters. The molecular weight excluding hydrogens is 156 g/mol. The minimum absolute atomic E-state index is 0.215. The van der Waals surface area contributed by atoms with Gasteiger partial charge in [0, 0.05) is 6.42 Å². The molecule has 4 nitrogen and oxygen atoms in total. The van der Waals surface area contributed by atoms with Crippen LogP contribution in [0.4, 0.5) is 0 Å². The number of nitrogens with zero attached hydrogens (tertiary/aromatic N) is 2. The van der Waals surface area contributed by atoms with Crippen LogP contribution >= 0.6 is 0 Å². The third kappa shape index (κ3) is 3.37. The Morgan fingerprint density at radius 1 is 1.42 bits per heavy atom. The fourth-order valence-corrected chi connectivity index (χ4v) is 0.757. The molecule has 0 N–H and O–H groups in total. The maximum absolute atomic E-state index is 10.9. The summed E-state index contributed by atoms with van der Waals surface area (Å²) in [6, 6.07) is 0.557. The summed E-state index contributed by atoms with van der Waals surface area (Å²) < 4.78 is 6.81. The first-order valence-electron chi connectivity index (χ1n) is 3.91. The van der Waals surface area contributed by atoms with Crippen LogP contribution in [-0.4, -0.2) is 49.7 Å². The lowest BCUT2D eigenvalue weighted by atomic mass is 10.5. The van der Waals surface area contributed by atoms with Crippen LogP contribution < -0.4 is 0 Å². The summed E-state index contributed by atoms with van der Waals surface area (Å²) in [6.45, 7) is 1.77. The van der Waals surface area contributed by atoms with Crippen molar-refractivity contribution in [1.29, 1.82) is 0 Å². The molecule has 0 aliphatic rings. The van der Waals surface area contributed by atoms with Crippen molar-refractivity contribution in [3.8, 4) is 0 Å². The molecule has 0 radical (unpaired) electrons. The van der Waals surface area contributed by atoms with Crippen molar-refractivity contribution >= 4 is 12.0 Å². The molecule has 0 aromatic rings. The lowest BCUT2D eigenvalue weighted by molar-refractivity contribution is -0.479. The van der Waals surface area contributed by atoms with E-state index in [1.807, 2.05) is 28.2 Å². The van der Waals surface area contributed by atoms with Gasteiger partial charge in [-0.05, 0) is 0 Å². The second-order valence-electron chi connectivity index (χ2n) is 2.90. The summed E-state index contributed by atoms with van der Waals surface area (Å²) in [5, 5.41) is 0. The van der Waals surface area contributed by atoms with Gasteiger partial charge in [0.1, 0.15) is 0 Å². The van der Waals surface area contributed by atoms with Crippen molar-refractivity contribution in [3.05, 3.63) is 0 Å². The SMILES string of the molecule is CCC(=O)OC(N(C)C)=[N+](C)C. The molecule has 0 heterocycles. The average Bonchev–Trinajstić information content (AvgIpc) is 1.98. The van der Waals surface area contributed by atoms with Crippen molar-refractivity contribution < 1.29 is 14.1 Å². The number of amidine groups is 1. The van der Waals surface area contributed by atoms with Gasteiger partial charge in [0.25, 0.3) is 0 Å². The number of carbonyl (C=O) groups is 1. The van der Waals surface area contributed by atoms with Gasteiger partial charge in [-0.1, -0.05) is 6.92 Å². The van der Waals surface area contributed by atoms with Gasteiger partial charge in [0.05, 0.1) is 28.2 Å². The molecule has 0 bridgehead atoms. The molecule has 0 aliphatic carbocycles. The Morgan fingerprint density at radius 3 is 2.17 bits per heavy atom. The molecular formula is C8H17N2O2+. The van der Waals surface area contributed by atoms with E-state index in [9.17, 15) is 4.79 Å². The monoisotopic (exact) mass is 173 g/mol. The largest absolute Gasteiger partial charge is 0.453 e. The van der Waals surface area contributed by atoms with Crippen LogP contribution in [0.3, 0.4) is 0 Å². The third-order valence-electron chi connectivity index (χ3n) is 1.26. The van der Waals surface area contributed by atoms with Crippen LogP contribution in [0.1, 0.15) is 13.3 Å². The normalized spacial score (nSPS) is 9.08. The molecule has 0 saturated carbocycles. The van der Waals surface area contributed by atoms with E-state index in [1.54, 1.807) is 16.4 Å². The Kier molecular flexibility index (Phi) is 4.33. The Morgan fingerprint density at radius 2 is 1.92 bits per heavy atom. The Bertz CT molecular complexity index is 193. The number of carbonyl (C=O) groups excluding carboxylic acids is 1. The smallest absolute Gasteiger partial charge is 0.358 e. The van der Waals surface area contributed by atoms with E-state index in [1.165, 1.54) is 0 Å². The van der Waals surface area contributed by atoms with Gasteiger partial charge in [-0.2, -0.15) is 0 Å². The standard InChI is InChI=1S/C8H17N2O2/c1-6-7(11)12-8(9(2)3)10(4)5/h6H2,1-5H3/q+1. The van der Waals surface area contributed by atoms with Crippen LogP contribution in [0.25, 0.3) is 0 Å². The van der Waals surface area contributed by atoms with Crippen LogP contribution in [0.2, 0.25) is 0 Å². The van der Waals surface area contributed by atoms with Gasteiger partial charge in [-0.3, -0.25) is 4.79 Å². The molecule has 0 spiro atoms. The van der Waals surface area contributed by atoms with E-state index in [2.05, 4.69) is 0 Å². The topological polar surface area (TPSA) is 32.5 Å². The van der Waals surface area contributed by atoms with Crippen LogP contribution in [0.15, 0.2) is 0 Å². The second kappa shape index (κ2) is 4.74. The van der Waals surface area contributed by atoms with Crippen molar-refractivity contribution in [2.75, 3.05) is 28.2 Å². The minimum atomic E-state index is -0.215. The third-order valence-corrected chi connectivity index (χ3v) is 1.26. The van der Waals surface area contributed by atoms with E-state index >= 15 is 0 Å². The maximum Gasteiger partial charge on any atom is 0.453 e. The lowest BCUT2D eigenvalue weighted by Gasteiger charge is -2.09. The molecule has 0 saturated heterocycles. The summed E-state index contributed by atoms with van der Waals surface area (Å²) in [4.78, 5) is 12.7. The zero-order chi connectivity index (χ0) is 9.72. The quantitative estimate of drug-likeness (QED) is 0.244.